The third-order valence-electron chi connectivity index (χ3n) is 4.93. The second kappa shape index (κ2) is 10.9. The highest BCUT2D eigenvalue weighted by Crippen LogP contribution is 2.33. The van der Waals surface area contributed by atoms with Crippen LogP contribution in [0.2, 0.25) is 0 Å². The van der Waals surface area contributed by atoms with Crippen LogP contribution in [0, 0.1) is 0 Å². The number of urea groups is 1. The molecule has 2 aliphatic heterocycles. The van der Waals surface area contributed by atoms with Gasteiger partial charge in [-0.25, -0.2) is 4.79 Å². The van der Waals surface area contributed by atoms with Gasteiger partial charge in [-0.05, 0) is 19.3 Å². The Kier molecular flexibility index (Phi) is 8.78. The van der Waals surface area contributed by atoms with E-state index in [0.717, 1.165) is 38.0 Å². The molecule has 0 radical (unpaired) electrons. The van der Waals surface area contributed by atoms with E-state index >= 15 is 0 Å². The van der Waals surface area contributed by atoms with Crippen molar-refractivity contribution < 1.29 is 9.59 Å². The van der Waals surface area contributed by atoms with E-state index in [2.05, 4.69) is 22.9 Å². The fourth-order valence-corrected chi connectivity index (χ4v) is 5.04. The minimum Gasteiger partial charge on any atom is -0.356 e. The van der Waals surface area contributed by atoms with Crippen LogP contribution in [0.3, 0.4) is 0 Å². The molecule has 5 nitrogen and oxygen atoms in total. The molecule has 24 heavy (non-hydrogen) atoms. The summed E-state index contributed by atoms with van der Waals surface area (Å²) in [6.45, 7) is 3.05. The summed E-state index contributed by atoms with van der Waals surface area (Å²) in [6.07, 6.45) is 11.3. The average molecular weight is 356 g/mol. The van der Waals surface area contributed by atoms with E-state index in [-0.39, 0.29) is 18.0 Å². The Balaban J connectivity index is 1.43. The molecule has 3 amide bonds. The van der Waals surface area contributed by atoms with Crippen molar-refractivity contribution in [3.05, 3.63) is 0 Å². The van der Waals surface area contributed by atoms with Crippen LogP contribution in [-0.4, -0.2) is 41.6 Å². The highest BCUT2D eigenvalue weighted by atomic mass is 32.2. The number of rotatable bonds is 12. The lowest BCUT2D eigenvalue weighted by Gasteiger charge is -2.16. The van der Waals surface area contributed by atoms with Crippen LogP contribution in [-0.2, 0) is 4.79 Å². The SMILES string of the molecule is CCCCCCCCNC(=O)CCCCC1SCC2NC(=O)NC21. The maximum absolute atomic E-state index is 11.8. The molecule has 2 saturated heterocycles. The zero-order chi connectivity index (χ0) is 17.2. The average Bonchev–Trinajstić information content (AvgIpc) is 3.10. The number of hydrogen-bond acceptors (Lipinski definition) is 3. The van der Waals surface area contributed by atoms with Crippen molar-refractivity contribution in [1.29, 1.82) is 0 Å². The topological polar surface area (TPSA) is 70.2 Å². The van der Waals surface area contributed by atoms with Crippen LogP contribution < -0.4 is 16.0 Å². The highest BCUT2D eigenvalue weighted by Gasteiger charge is 2.42. The van der Waals surface area contributed by atoms with Gasteiger partial charge < -0.3 is 16.0 Å². The predicted molar refractivity (Wildman–Crippen MR) is 100 cm³/mol. The molecule has 2 heterocycles. The smallest absolute Gasteiger partial charge is 0.315 e. The molecule has 0 aromatic rings. The van der Waals surface area contributed by atoms with Crippen molar-refractivity contribution in [2.75, 3.05) is 12.3 Å². The van der Waals surface area contributed by atoms with E-state index in [1.807, 2.05) is 11.8 Å². The van der Waals surface area contributed by atoms with Crippen molar-refractivity contribution in [2.45, 2.75) is 88.5 Å². The molecule has 2 aliphatic rings. The van der Waals surface area contributed by atoms with Gasteiger partial charge in [-0.3, -0.25) is 4.79 Å². The minimum atomic E-state index is -0.0237. The summed E-state index contributed by atoms with van der Waals surface area (Å²) in [7, 11) is 0. The van der Waals surface area contributed by atoms with Gasteiger partial charge in [0.05, 0.1) is 12.1 Å². The summed E-state index contributed by atoms with van der Waals surface area (Å²) in [6, 6.07) is 0.557. The molecule has 3 atom stereocenters. The van der Waals surface area contributed by atoms with Crippen molar-refractivity contribution in [2.24, 2.45) is 0 Å². The second-order valence-corrected chi connectivity index (χ2v) is 8.26. The summed E-state index contributed by atoms with van der Waals surface area (Å²) < 4.78 is 0. The van der Waals surface area contributed by atoms with Crippen molar-refractivity contribution in [3.8, 4) is 0 Å². The molecule has 0 aromatic heterocycles. The molecule has 0 saturated carbocycles. The Hall–Kier alpha value is -0.910. The first kappa shape index (κ1) is 19.4. The molecule has 3 N–H and O–H groups in total. The van der Waals surface area contributed by atoms with Crippen LogP contribution in [0.4, 0.5) is 4.79 Å². The van der Waals surface area contributed by atoms with Gasteiger partial charge >= 0.3 is 6.03 Å². The standard InChI is InChI=1S/C18H33N3O2S/c1-2-3-4-5-6-9-12-19-16(22)11-8-7-10-15-17-14(13-24-15)20-18(23)21-17/h14-15,17H,2-13H2,1H3,(H,19,22)(H2,20,21,23). The van der Waals surface area contributed by atoms with Crippen molar-refractivity contribution in [1.82, 2.24) is 16.0 Å². The Morgan fingerprint density at radius 3 is 2.75 bits per heavy atom. The van der Waals surface area contributed by atoms with E-state index in [1.54, 1.807) is 0 Å². The normalized spacial score (nSPS) is 25.2. The largest absolute Gasteiger partial charge is 0.356 e. The molecule has 2 fully saturated rings. The predicted octanol–water partition coefficient (Wildman–Crippen LogP) is 3.19. The first-order chi connectivity index (χ1) is 11.7. The van der Waals surface area contributed by atoms with Gasteiger partial charge in [0.1, 0.15) is 0 Å². The monoisotopic (exact) mass is 355 g/mol. The Morgan fingerprint density at radius 1 is 1.12 bits per heavy atom. The second-order valence-electron chi connectivity index (χ2n) is 6.99. The summed E-state index contributed by atoms with van der Waals surface area (Å²) in [4.78, 5) is 23.2. The zero-order valence-corrected chi connectivity index (χ0v) is 15.8. The quantitative estimate of drug-likeness (QED) is 0.372. The lowest BCUT2D eigenvalue weighted by Crippen LogP contribution is -2.36. The lowest BCUT2D eigenvalue weighted by atomic mass is 10.0. The molecule has 138 valence electrons. The number of hydrogen-bond donors (Lipinski definition) is 3. The number of carbonyl (C=O) groups is 2. The third kappa shape index (κ3) is 6.54. The molecule has 0 bridgehead atoms. The fourth-order valence-electron chi connectivity index (χ4n) is 3.50. The van der Waals surface area contributed by atoms with Gasteiger partial charge in [0.15, 0.2) is 0 Å². The Morgan fingerprint density at radius 2 is 1.92 bits per heavy atom. The van der Waals surface area contributed by atoms with E-state index in [4.69, 9.17) is 0 Å². The van der Waals surface area contributed by atoms with Crippen molar-refractivity contribution >= 4 is 23.7 Å². The fraction of sp³-hybridized carbons (Fsp3) is 0.889. The summed E-state index contributed by atoms with van der Waals surface area (Å²) in [5.41, 5.74) is 0. The summed E-state index contributed by atoms with van der Waals surface area (Å²) in [5.74, 6) is 1.20. The minimum absolute atomic E-state index is 0.0237. The van der Waals surface area contributed by atoms with Crippen LogP contribution in [0.5, 0.6) is 0 Å². The molecular formula is C18H33N3O2S. The Labute approximate surface area is 150 Å². The van der Waals surface area contributed by atoms with Crippen LogP contribution in [0.1, 0.15) is 71.1 Å². The first-order valence-corrected chi connectivity index (χ1v) is 10.7. The van der Waals surface area contributed by atoms with Gasteiger partial charge in [-0.1, -0.05) is 45.4 Å². The Bertz CT molecular complexity index is 406. The molecule has 6 heteroatoms. The van der Waals surface area contributed by atoms with Gasteiger partial charge in [-0.15, -0.1) is 0 Å². The third-order valence-corrected chi connectivity index (χ3v) is 6.44. The lowest BCUT2D eigenvalue weighted by molar-refractivity contribution is -0.121. The van der Waals surface area contributed by atoms with Crippen LogP contribution in [0.15, 0.2) is 0 Å². The summed E-state index contributed by atoms with van der Waals surface area (Å²) in [5, 5.41) is 9.52. The highest BCUT2D eigenvalue weighted by molar-refractivity contribution is 8.00. The molecule has 0 aliphatic carbocycles. The number of amides is 3. The van der Waals surface area contributed by atoms with Crippen molar-refractivity contribution in [3.63, 3.8) is 0 Å². The van der Waals surface area contributed by atoms with Crippen LogP contribution >= 0.6 is 11.8 Å². The van der Waals surface area contributed by atoms with Gasteiger partial charge in [0.2, 0.25) is 5.91 Å². The molecule has 3 unspecified atom stereocenters. The number of thioether (sulfide) groups is 1. The molecule has 0 aromatic carbocycles. The molecule has 0 spiro atoms. The number of fused-ring (bicyclic) bond motifs is 1. The number of carbonyl (C=O) groups excluding carboxylic acids is 2. The number of unbranched alkanes of at least 4 members (excludes halogenated alkanes) is 6. The first-order valence-electron chi connectivity index (χ1n) is 9.66. The van der Waals surface area contributed by atoms with Gasteiger partial charge in [0.25, 0.3) is 0 Å². The van der Waals surface area contributed by atoms with Crippen LogP contribution in [0.25, 0.3) is 0 Å². The maximum Gasteiger partial charge on any atom is 0.315 e. The van der Waals surface area contributed by atoms with Gasteiger partial charge in [0, 0.05) is 24.0 Å². The van der Waals surface area contributed by atoms with E-state index in [0.29, 0.717) is 17.7 Å². The van der Waals surface area contributed by atoms with Gasteiger partial charge in [-0.2, -0.15) is 11.8 Å². The maximum atomic E-state index is 11.8. The zero-order valence-electron chi connectivity index (χ0n) is 14.9. The van der Waals surface area contributed by atoms with E-state index in [9.17, 15) is 9.59 Å². The molecular weight excluding hydrogens is 322 g/mol. The van der Waals surface area contributed by atoms with E-state index in [1.165, 1.54) is 32.1 Å². The number of nitrogens with one attached hydrogen (secondary N) is 3. The summed E-state index contributed by atoms with van der Waals surface area (Å²) >= 11 is 1.94. The molecule has 2 rings (SSSR count). The van der Waals surface area contributed by atoms with E-state index < -0.39 is 0 Å².